The van der Waals surface area contributed by atoms with E-state index in [9.17, 15) is 14.4 Å². The SMILES string of the molecule is CC[C@]1(C(=O)CNC(=O)c2ccnc(Cl)n2)CC[C@@](C)(CNC(=O)OC(C)(C)C)CC1. The largest absolute Gasteiger partial charge is 0.444 e. The van der Waals surface area contributed by atoms with Gasteiger partial charge in [-0.2, -0.15) is 0 Å². The maximum absolute atomic E-state index is 13.0. The van der Waals surface area contributed by atoms with Gasteiger partial charge in [-0.15, -0.1) is 0 Å². The lowest BCUT2D eigenvalue weighted by atomic mass is 9.61. The van der Waals surface area contributed by atoms with Gasteiger partial charge in [0.1, 0.15) is 11.3 Å². The molecule has 1 fully saturated rings. The number of Topliss-reactive ketones (excluding diaryl/α,β-unsaturated/α-hetero) is 1. The lowest BCUT2D eigenvalue weighted by Crippen LogP contribution is -2.46. The van der Waals surface area contributed by atoms with Crippen LogP contribution in [0.5, 0.6) is 0 Å². The van der Waals surface area contributed by atoms with E-state index in [0.717, 1.165) is 12.8 Å². The van der Waals surface area contributed by atoms with Crippen molar-refractivity contribution in [3.8, 4) is 0 Å². The van der Waals surface area contributed by atoms with Crippen molar-refractivity contribution in [1.29, 1.82) is 0 Å². The maximum atomic E-state index is 13.0. The minimum atomic E-state index is -0.539. The summed E-state index contributed by atoms with van der Waals surface area (Å²) in [5.74, 6) is -0.434. The van der Waals surface area contributed by atoms with E-state index in [1.165, 1.54) is 12.3 Å². The topological polar surface area (TPSA) is 110 Å². The quantitative estimate of drug-likeness (QED) is 0.606. The van der Waals surface area contributed by atoms with E-state index < -0.39 is 23.0 Å². The molecule has 0 spiro atoms. The van der Waals surface area contributed by atoms with Gasteiger partial charge in [0.2, 0.25) is 5.28 Å². The average molecular weight is 453 g/mol. The van der Waals surface area contributed by atoms with Gasteiger partial charge in [0.25, 0.3) is 5.91 Å². The van der Waals surface area contributed by atoms with Gasteiger partial charge < -0.3 is 15.4 Å². The molecule has 0 aliphatic heterocycles. The number of hydrogen-bond donors (Lipinski definition) is 2. The summed E-state index contributed by atoms with van der Waals surface area (Å²) >= 11 is 5.72. The Labute approximate surface area is 188 Å². The maximum Gasteiger partial charge on any atom is 0.407 e. The highest BCUT2D eigenvalue weighted by Crippen LogP contribution is 2.47. The zero-order chi connectivity index (χ0) is 23.3. The standard InChI is InChI=1S/C22H33ClN4O4/c1-6-22(16(28)13-25-17(29)15-7-12-24-18(23)27-15)10-8-21(5,9-11-22)14-26-19(30)31-20(2,3)4/h7,12H,6,8-11,13-14H2,1-5H3,(H,25,29)(H,26,30)/t21-,22+. The first-order valence-electron chi connectivity index (χ1n) is 10.6. The van der Waals surface area contributed by atoms with E-state index in [4.69, 9.17) is 16.3 Å². The van der Waals surface area contributed by atoms with Crippen LogP contribution < -0.4 is 10.6 Å². The average Bonchev–Trinajstić information content (AvgIpc) is 2.70. The Morgan fingerprint density at radius 3 is 2.35 bits per heavy atom. The number of amides is 2. The molecule has 31 heavy (non-hydrogen) atoms. The number of aromatic nitrogens is 2. The van der Waals surface area contributed by atoms with Gasteiger partial charge in [0, 0.05) is 18.2 Å². The number of alkyl carbamates (subject to hydrolysis) is 1. The molecule has 0 unspecified atom stereocenters. The van der Waals surface area contributed by atoms with Gasteiger partial charge in [0.05, 0.1) is 6.54 Å². The number of hydrogen-bond acceptors (Lipinski definition) is 6. The van der Waals surface area contributed by atoms with Crippen LogP contribution in [0.3, 0.4) is 0 Å². The molecule has 0 radical (unpaired) electrons. The highest BCUT2D eigenvalue weighted by atomic mass is 35.5. The second kappa shape index (κ2) is 9.94. The number of rotatable bonds is 7. The van der Waals surface area contributed by atoms with Gasteiger partial charge in [-0.05, 0) is 76.0 Å². The molecule has 2 N–H and O–H groups in total. The first-order chi connectivity index (χ1) is 14.4. The molecule has 172 valence electrons. The molecular weight excluding hydrogens is 420 g/mol. The van der Waals surface area contributed by atoms with Gasteiger partial charge >= 0.3 is 6.09 Å². The molecule has 1 aromatic rings. The van der Waals surface area contributed by atoms with Crippen molar-refractivity contribution in [2.45, 2.75) is 72.3 Å². The van der Waals surface area contributed by atoms with Gasteiger partial charge in [0.15, 0.2) is 5.78 Å². The van der Waals surface area contributed by atoms with E-state index in [2.05, 4.69) is 27.5 Å². The van der Waals surface area contributed by atoms with Crippen molar-refractivity contribution in [2.75, 3.05) is 13.1 Å². The summed E-state index contributed by atoms with van der Waals surface area (Å²) < 4.78 is 5.31. The van der Waals surface area contributed by atoms with Crippen LogP contribution in [0.4, 0.5) is 4.79 Å². The molecular formula is C22H33ClN4O4. The molecule has 0 atom stereocenters. The van der Waals surface area contributed by atoms with Crippen molar-refractivity contribution >= 4 is 29.4 Å². The summed E-state index contributed by atoms with van der Waals surface area (Å²) in [5.41, 5.74) is -0.982. The molecule has 0 bridgehead atoms. The van der Waals surface area contributed by atoms with Crippen LogP contribution in [-0.2, 0) is 9.53 Å². The van der Waals surface area contributed by atoms with Crippen LogP contribution in [0.1, 0.15) is 77.2 Å². The molecule has 1 heterocycles. The van der Waals surface area contributed by atoms with Crippen molar-refractivity contribution in [1.82, 2.24) is 20.6 Å². The Hall–Kier alpha value is -2.22. The van der Waals surface area contributed by atoms with E-state index in [-0.39, 0.29) is 28.7 Å². The van der Waals surface area contributed by atoms with Crippen molar-refractivity contribution in [3.05, 3.63) is 23.2 Å². The number of carbonyl (C=O) groups is 3. The lowest BCUT2D eigenvalue weighted by molar-refractivity contribution is -0.131. The fourth-order valence-corrected chi connectivity index (χ4v) is 3.99. The second-order valence-corrected chi connectivity index (χ2v) is 9.95. The van der Waals surface area contributed by atoms with Gasteiger partial charge in [-0.1, -0.05) is 13.8 Å². The van der Waals surface area contributed by atoms with E-state index in [1.807, 2.05) is 27.7 Å². The highest BCUT2D eigenvalue weighted by molar-refractivity contribution is 6.28. The Morgan fingerprint density at radius 1 is 1.16 bits per heavy atom. The molecule has 1 aliphatic rings. The number of ether oxygens (including phenoxy) is 1. The van der Waals surface area contributed by atoms with Crippen molar-refractivity contribution < 1.29 is 19.1 Å². The van der Waals surface area contributed by atoms with Crippen LogP contribution in [0.2, 0.25) is 5.28 Å². The Kier molecular flexibility index (Phi) is 8.03. The molecule has 1 aliphatic carbocycles. The first-order valence-corrected chi connectivity index (χ1v) is 11.0. The van der Waals surface area contributed by atoms with Crippen molar-refractivity contribution in [3.63, 3.8) is 0 Å². The number of carbonyl (C=O) groups excluding carboxylic acids is 3. The van der Waals surface area contributed by atoms with Crippen LogP contribution in [-0.4, -0.2) is 46.4 Å². The molecule has 2 rings (SSSR count). The fraction of sp³-hybridized carbons (Fsp3) is 0.682. The van der Waals surface area contributed by atoms with E-state index in [0.29, 0.717) is 25.8 Å². The number of nitrogens with zero attached hydrogens (tertiary/aromatic N) is 2. The molecule has 2 amide bonds. The number of nitrogens with one attached hydrogen (secondary N) is 2. The molecule has 0 saturated heterocycles. The minimum Gasteiger partial charge on any atom is -0.444 e. The second-order valence-electron chi connectivity index (χ2n) is 9.62. The van der Waals surface area contributed by atoms with Gasteiger partial charge in [-0.25, -0.2) is 14.8 Å². The Bertz CT molecular complexity index is 814. The summed E-state index contributed by atoms with van der Waals surface area (Å²) in [6.07, 6.45) is 4.71. The summed E-state index contributed by atoms with van der Waals surface area (Å²) in [5, 5.41) is 5.50. The predicted octanol–water partition coefficient (Wildman–Crippen LogP) is 3.93. The smallest absolute Gasteiger partial charge is 0.407 e. The zero-order valence-corrected chi connectivity index (χ0v) is 19.8. The summed E-state index contributed by atoms with van der Waals surface area (Å²) in [7, 11) is 0. The van der Waals surface area contributed by atoms with Crippen molar-refractivity contribution in [2.24, 2.45) is 10.8 Å². The van der Waals surface area contributed by atoms with Crippen LogP contribution in [0.15, 0.2) is 12.3 Å². The molecule has 1 saturated carbocycles. The van der Waals surface area contributed by atoms with Crippen LogP contribution in [0.25, 0.3) is 0 Å². The highest BCUT2D eigenvalue weighted by Gasteiger charge is 2.43. The van der Waals surface area contributed by atoms with E-state index in [1.54, 1.807) is 0 Å². The van der Waals surface area contributed by atoms with Gasteiger partial charge in [-0.3, -0.25) is 9.59 Å². The Morgan fingerprint density at radius 2 is 1.81 bits per heavy atom. The lowest BCUT2D eigenvalue weighted by Gasteiger charge is -2.44. The monoisotopic (exact) mass is 452 g/mol. The third-order valence-corrected chi connectivity index (χ3v) is 6.19. The fourth-order valence-electron chi connectivity index (χ4n) is 3.84. The predicted molar refractivity (Wildman–Crippen MR) is 118 cm³/mol. The summed E-state index contributed by atoms with van der Waals surface area (Å²) in [6.45, 7) is 10.1. The summed E-state index contributed by atoms with van der Waals surface area (Å²) in [4.78, 5) is 44.9. The minimum absolute atomic E-state index is 0.0180. The zero-order valence-electron chi connectivity index (χ0n) is 19.0. The molecule has 1 aromatic heterocycles. The molecule has 0 aromatic carbocycles. The van der Waals surface area contributed by atoms with Crippen LogP contribution >= 0.6 is 11.6 Å². The normalized spacial score (nSPS) is 23.7. The van der Waals surface area contributed by atoms with E-state index >= 15 is 0 Å². The Balaban J connectivity index is 1.89. The molecule has 8 nitrogen and oxygen atoms in total. The number of ketones is 1. The first kappa shape index (κ1) is 25.0. The third kappa shape index (κ3) is 7.16. The molecule has 9 heteroatoms. The van der Waals surface area contributed by atoms with Crippen LogP contribution in [0, 0.1) is 10.8 Å². The summed E-state index contributed by atoms with van der Waals surface area (Å²) in [6, 6.07) is 1.45. The number of halogens is 1. The third-order valence-electron chi connectivity index (χ3n) is 6.01.